The van der Waals surface area contributed by atoms with E-state index in [4.69, 9.17) is 4.52 Å². The number of halogens is 4. The number of rotatable bonds is 6. The third-order valence-electron chi connectivity index (χ3n) is 3.40. The minimum Gasteiger partial charge on any atom is -0.365 e. The van der Waals surface area contributed by atoms with Crippen molar-refractivity contribution in [1.82, 2.24) is 10.1 Å². The van der Waals surface area contributed by atoms with E-state index >= 15 is 0 Å². The molecule has 1 atom stereocenters. The van der Waals surface area contributed by atoms with Gasteiger partial charge >= 0.3 is 12.3 Å². The zero-order valence-corrected chi connectivity index (χ0v) is 11.9. The second-order valence-corrected chi connectivity index (χ2v) is 5.16. The zero-order valence-electron chi connectivity index (χ0n) is 11.9. The summed E-state index contributed by atoms with van der Waals surface area (Å²) in [6.07, 6.45) is -2.42. The molecule has 0 unspecified atom stereocenters. The maximum Gasteiger partial charge on any atom is 0.330 e. The molecule has 9 heteroatoms. The molecule has 0 N–H and O–H groups in total. The van der Waals surface area contributed by atoms with Gasteiger partial charge in [-0.05, 0) is 19.8 Å². The summed E-state index contributed by atoms with van der Waals surface area (Å²) in [6, 6.07) is 1.39. The highest BCUT2D eigenvalue weighted by atomic mass is 19.3. The van der Waals surface area contributed by atoms with Gasteiger partial charge in [-0.15, -0.1) is 0 Å². The highest BCUT2D eigenvalue weighted by molar-refractivity contribution is 5.78. The van der Waals surface area contributed by atoms with E-state index in [0.29, 0.717) is 24.4 Å². The molecular weight excluding hydrogens is 308 g/mol. The Hall–Kier alpha value is -1.64. The maximum atomic E-state index is 12.7. The van der Waals surface area contributed by atoms with Crippen molar-refractivity contribution in [2.75, 3.05) is 19.8 Å². The summed E-state index contributed by atoms with van der Waals surface area (Å²) in [5.74, 6) is -4.19. The molecule has 0 saturated carbocycles. The van der Waals surface area contributed by atoms with Crippen molar-refractivity contribution in [3.05, 3.63) is 17.5 Å². The van der Waals surface area contributed by atoms with Crippen LogP contribution in [0.25, 0.3) is 0 Å². The van der Waals surface area contributed by atoms with Crippen LogP contribution >= 0.6 is 0 Å². The minimum atomic E-state index is -4.26. The molecule has 1 aromatic rings. The molecule has 1 fully saturated rings. The number of carbonyl (C=O) groups is 1. The lowest BCUT2D eigenvalue weighted by atomic mass is 10.1. The third-order valence-corrected chi connectivity index (χ3v) is 3.40. The zero-order chi connectivity index (χ0) is 16.3. The van der Waals surface area contributed by atoms with E-state index in [-0.39, 0.29) is 6.04 Å². The first-order valence-electron chi connectivity index (χ1n) is 6.77. The molecule has 1 saturated heterocycles. The number of hydrogen-bond acceptors (Lipinski definition) is 4. The Morgan fingerprint density at radius 2 is 2.32 bits per heavy atom. The summed E-state index contributed by atoms with van der Waals surface area (Å²) in [5.41, 5.74) is 0.585. The number of likely N-dealkylation sites (tertiary alicyclic amines) is 1. The van der Waals surface area contributed by atoms with Crippen LogP contribution in [0.4, 0.5) is 17.6 Å². The molecule has 1 aromatic heterocycles. The van der Waals surface area contributed by atoms with Gasteiger partial charge in [0.1, 0.15) is 24.7 Å². The molecule has 1 amide bonds. The highest BCUT2D eigenvalue weighted by Crippen LogP contribution is 2.31. The Balaban J connectivity index is 1.89. The number of ether oxygens (including phenoxy) is 1. The van der Waals surface area contributed by atoms with E-state index < -0.39 is 31.5 Å². The number of nitrogens with zero attached hydrogens (tertiary/aromatic N) is 2. The first-order valence-corrected chi connectivity index (χ1v) is 6.77. The fourth-order valence-electron chi connectivity index (χ4n) is 2.34. The summed E-state index contributed by atoms with van der Waals surface area (Å²) in [4.78, 5) is 13.4. The van der Waals surface area contributed by atoms with Crippen LogP contribution in [0, 0.1) is 6.92 Å². The average molecular weight is 324 g/mol. The molecule has 0 bridgehead atoms. The van der Waals surface area contributed by atoms with Crippen LogP contribution in [0.5, 0.6) is 0 Å². The van der Waals surface area contributed by atoms with Crippen LogP contribution < -0.4 is 0 Å². The van der Waals surface area contributed by atoms with Gasteiger partial charge in [-0.2, -0.15) is 8.78 Å². The highest BCUT2D eigenvalue weighted by Gasteiger charge is 2.41. The quantitative estimate of drug-likeness (QED) is 0.755. The second-order valence-electron chi connectivity index (χ2n) is 5.16. The van der Waals surface area contributed by atoms with Crippen molar-refractivity contribution in [2.45, 2.75) is 38.2 Å². The number of alkyl halides is 4. The van der Waals surface area contributed by atoms with Crippen molar-refractivity contribution < 1.29 is 31.6 Å². The lowest BCUT2D eigenvalue weighted by Crippen LogP contribution is -2.37. The maximum absolute atomic E-state index is 12.7. The van der Waals surface area contributed by atoms with Crippen LogP contribution in [0.15, 0.2) is 10.6 Å². The number of aryl methyl sites for hydroxylation is 1. The molecular formula is C13H16F4N2O3. The fourth-order valence-corrected chi connectivity index (χ4v) is 2.34. The Morgan fingerprint density at radius 1 is 1.59 bits per heavy atom. The van der Waals surface area contributed by atoms with Crippen LogP contribution in [0.2, 0.25) is 0 Å². The van der Waals surface area contributed by atoms with Crippen molar-refractivity contribution in [1.29, 1.82) is 0 Å². The van der Waals surface area contributed by atoms with Crippen LogP contribution in [0.1, 0.15) is 30.3 Å². The predicted molar refractivity (Wildman–Crippen MR) is 66.7 cm³/mol. The number of aromatic nitrogens is 1. The first kappa shape index (κ1) is 16.7. The van der Waals surface area contributed by atoms with E-state index in [1.807, 2.05) is 0 Å². The van der Waals surface area contributed by atoms with Crippen molar-refractivity contribution in [2.24, 2.45) is 0 Å². The minimum absolute atomic E-state index is 0.302. The molecule has 5 nitrogen and oxygen atoms in total. The molecule has 0 aromatic carbocycles. The SMILES string of the molecule is Cc1cc([C@H]2CCCN2C(=O)COCC(F)(F)C(F)F)no1. The average Bonchev–Trinajstić information content (AvgIpc) is 3.06. The Labute approximate surface area is 124 Å². The molecule has 1 aliphatic rings. The van der Waals surface area contributed by atoms with Crippen molar-refractivity contribution >= 4 is 5.91 Å². The first-order chi connectivity index (χ1) is 10.3. The lowest BCUT2D eigenvalue weighted by molar-refractivity contribution is -0.171. The van der Waals surface area contributed by atoms with Gasteiger partial charge in [-0.25, -0.2) is 8.78 Å². The van der Waals surface area contributed by atoms with Crippen molar-refractivity contribution in [3.63, 3.8) is 0 Å². The summed E-state index contributed by atoms with van der Waals surface area (Å²) in [5, 5.41) is 3.84. The Morgan fingerprint density at radius 3 is 2.91 bits per heavy atom. The van der Waals surface area contributed by atoms with E-state index in [1.165, 1.54) is 4.90 Å². The lowest BCUT2D eigenvalue weighted by Gasteiger charge is -2.23. The summed E-state index contributed by atoms with van der Waals surface area (Å²) < 4.78 is 58.8. The predicted octanol–water partition coefficient (Wildman–Crippen LogP) is 2.56. The van der Waals surface area contributed by atoms with Gasteiger partial charge in [-0.1, -0.05) is 5.16 Å². The van der Waals surface area contributed by atoms with E-state index in [0.717, 1.165) is 6.42 Å². The smallest absolute Gasteiger partial charge is 0.330 e. The van der Waals surface area contributed by atoms with E-state index in [1.54, 1.807) is 13.0 Å². The van der Waals surface area contributed by atoms with Gasteiger partial charge in [0.25, 0.3) is 0 Å². The summed E-state index contributed by atoms with van der Waals surface area (Å²) >= 11 is 0. The van der Waals surface area contributed by atoms with Crippen LogP contribution in [-0.4, -0.2) is 48.1 Å². The largest absolute Gasteiger partial charge is 0.365 e. The van der Waals surface area contributed by atoms with Gasteiger partial charge in [-0.3, -0.25) is 4.79 Å². The van der Waals surface area contributed by atoms with Gasteiger partial charge in [0.05, 0.1) is 6.04 Å². The Kier molecular flexibility index (Phi) is 5.05. The van der Waals surface area contributed by atoms with E-state index in [9.17, 15) is 22.4 Å². The number of carbonyl (C=O) groups excluding carboxylic acids is 1. The molecule has 0 spiro atoms. The van der Waals surface area contributed by atoms with Gasteiger partial charge in [0.2, 0.25) is 5.91 Å². The fraction of sp³-hybridized carbons (Fsp3) is 0.692. The molecule has 0 aliphatic carbocycles. The normalized spacial score (nSPS) is 19.2. The summed E-state index contributed by atoms with van der Waals surface area (Å²) in [7, 11) is 0. The molecule has 1 aliphatic heterocycles. The third kappa shape index (κ3) is 3.76. The van der Waals surface area contributed by atoms with Crippen LogP contribution in [0.3, 0.4) is 0 Å². The molecule has 22 heavy (non-hydrogen) atoms. The van der Waals surface area contributed by atoms with E-state index in [2.05, 4.69) is 9.89 Å². The monoisotopic (exact) mass is 324 g/mol. The van der Waals surface area contributed by atoms with Crippen molar-refractivity contribution in [3.8, 4) is 0 Å². The summed E-state index contributed by atoms with van der Waals surface area (Å²) in [6.45, 7) is -0.00915. The topological polar surface area (TPSA) is 55.6 Å². The Bertz CT molecular complexity index is 521. The molecule has 2 heterocycles. The molecule has 0 radical (unpaired) electrons. The molecule has 124 valence electrons. The standard InChI is InChI=1S/C13H16F4N2O3/c1-8-5-9(18-22-8)10-3-2-4-19(10)11(20)6-21-7-13(16,17)12(14)15/h5,10,12H,2-4,6-7H2,1H3/t10-/m1/s1. The van der Waals surface area contributed by atoms with Gasteiger partial charge < -0.3 is 14.2 Å². The van der Waals surface area contributed by atoms with Gasteiger partial charge in [0.15, 0.2) is 0 Å². The second kappa shape index (κ2) is 6.64. The van der Waals surface area contributed by atoms with Crippen LogP contribution in [-0.2, 0) is 9.53 Å². The van der Waals surface area contributed by atoms with Gasteiger partial charge in [0, 0.05) is 12.6 Å². The molecule has 2 rings (SSSR count). The number of amides is 1. The number of hydrogen-bond donors (Lipinski definition) is 0.